The second-order valence-corrected chi connectivity index (χ2v) is 5.06. The van der Waals surface area contributed by atoms with E-state index in [2.05, 4.69) is 15.9 Å². The lowest BCUT2D eigenvalue weighted by molar-refractivity contribution is 0.0604. The number of anilines is 1. The summed E-state index contributed by atoms with van der Waals surface area (Å²) in [5.74, 6) is 0. The Hall–Kier alpha value is -0.810. The zero-order valence-electron chi connectivity index (χ0n) is 9.04. The van der Waals surface area contributed by atoms with Gasteiger partial charge in [0.25, 0.3) is 5.56 Å². The molecule has 3 N–H and O–H groups in total. The molecule has 15 heavy (non-hydrogen) atoms. The van der Waals surface area contributed by atoms with E-state index in [1.54, 1.807) is 27.0 Å². The van der Waals surface area contributed by atoms with Gasteiger partial charge in [-0.1, -0.05) is 0 Å². The van der Waals surface area contributed by atoms with Crippen molar-refractivity contribution in [2.75, 3.05) is 5.73 Å². The molecule has 0 amide bonds. The summed E-state index contributed by atoms with van der Waals surface area (Å²) >= 11 is 3.19. The zero-order chi connectivity index (χ0) is 11.8. The fourth-order valence-corrected chi connectivity index (χ4v) is 1.73. The Bertz CT molecular complexity index is 432. The molecule has 0 aliphatic heterocycles. The third kappa shape index (κ3) is 2.82. The first kappa shape index (κ1) is 12.3. The molecule has 1 aromatic rings. The number of rotatable bonds is 2. The molecule has 0 saturated carbocycles. The standard InChI is InChI=1S/C10H15BrN2O2/c1-6-7(12)4-13(5-10(2,3)15)9(14)8(6)11/h4,15H,5,12H2,1-3H3. The molecule has 0 spiro atoms. The smallest absolute Gasteiger partial charge is 0.265 e. The van der Waals surface area contributed by atoms with Gasteiger partial charge in [-0.3, -0.25) is 4.79 Å². The van der Waals surface area contributed by atoms with Gasteiger partial charge in [0.2, 0.25) is 0 Å². The summed E-state index contributed by atoms with van der Waals surface area (Å²) in [5, 5.41) is 9.63. The summed E-state index contributed by atoms with van der Waals surface area (Å²) in [4.78, 5) is 11.8. The molecule has 1 rings (SSSR count). The predicted molar refractivity (Wildman–Crippen MR) is 63.8 cm³/mol. The van der Waals surface area contributed by atoms with Gasteiger partial charge >= 0.3 is 0 Å². The molecule has 0 saturated heterocycles. The number of pyridine rings is 1. The van der Waals surface area contributed by atoms with Crippen LogP contribution in [0.15, 0.2) is 15.5 Å². The van der Waals surface area contributed by atoms with Crippen LogP contribution in [0.5, 0.6) is 0 Å². The van der Waals surface area contributed by atoms with Crippen LogP contribution in [-0.2, 0) is 6.54 Å². The van der Waals surface area contributed by atoms with Crippen LogP contribution in [0.2, 0.25) is 0 Å². The van der Waals surface area contributed by atoms with Crippen molar-refractivity contribution in [3.8, 4) is 0 Å². The molecule has 0 atom stereocenters. The average molecular weight is 275 g/mol. The van der Waals surface area contributed by atoms with E-state index in [1.807, 2.05) is 0 Å². The minimum Gasteiger partial charge on any atom is -0.397 e. The molecular formula is C10H15BrN2O2. The van der Waals surface area contributed by atoms with Crippen LogP contribution < -0.4 is 11.3 Å². The number of hydrogen-bond donors (Lipinski definition) is 2. The SMILES string of the molecule is Cc1c(N)cn(CC(C)(C)O)c(=O)c1Br. The van der Waals surface area contributed by atoms with Gasteiger partial charge < -0.3 is 15.4 Å². The van der Waals surface area contributed by atoms with Crippen molar-refractivity contribution in [2.24, 2.45) is 0 Å². The maximum absolute atomic E-state index is 11.8. The first-order valence-corrected chi connectivity index (χ1v) is 5.39. The molecule has 5 heteroatoms. The Kier molecular flexibility index (Phi) is 3.25. The highest BCUT2D eigenvalue weighted by Crippen LogP contribution is 2.18. The van der Waals surface area contributed by atoms with Crippen molar-refractivity contribution < 1.29 is 5.11 Å². The summed E-state index contributed by atoms with van der Waals surface area (Å²) in [6, 6.07) is 0. The Morgan fingerprint density at radius 3 is 2.60 bits per heavy atom. The van der Waals surface area contributed by atoms with Crippen molar-refractivity contribution in [1.29, 1.82) is 0 Å². The van der Waals surface area contributed by atoms with Gasteiger partial charge in [0, 0.05) is 6.20 Å². The Morgan fingerprint density at radius 1 is 1.60 bits per heavy atom. The van der Waals surface area contributed by atoms with E-state index < -0.39 is 5.60 Å². The predicted octanol–water partition coefficient (Wildman–Crippen LogP) is 1.27. The van der Waals surface area contributed by atoms with Crippen LogP contribution in [-0.4, -0.2) is 15.3 Å². The fourth-order valence-electron chi connectivity index (χ4n) is 1.27. The normalized spacial score (nSPS) is 11.8. The van der Waals surface area contributed by atoms with Crippen molar-refractivity contribution in [2.45, 2.75) is 32.9 Å². The van der Waals surface area contributed by atoms with Gasteiger partial charge in [-0.05, 0) is 42.3 Å². The zero-order valence-corrected chi connectivity index (χ0v) is 10.6. The van der Waals surface area contributed by atoms with E-state index in [0.29, 0.717) is 10.2 Å². The number of aliphatic hydroxyl groups is 1. The molecule has 0 fully saturated rings. The highest BCUT2D eigenvalue weighted by molar-refractivity contribution is 9.10. The molecule has 0 aromatic carbocycles. The van der Waals surface area contributed by atoms with Gasteiger partial charge in [-0.15, -0.1) is 0 Å². The summed E-state index contributed by atoms with van der Waals surface area (Å²) in [7, 11) is 0. The molecule has 0 bridgehead atoms. The molecular weight excluding hydrogens is 260 g/mol. The minimum absolute atomic E-state index is 0.177. The summed E-state index contributed by atoms with van der Waals surface area (Å²) < 4.78 is 1.86. The molecule has 0 unspecified atom stereocenters. The summed E-state index contributed by atoms with van der Waals surface area (Å²) in [6.07, 6.45) is 1.56. The fraction of sp³-hybridized carbons (Fsp3) is 0.500. The van der Waals surface area contributed by atoms with Crippen molar-refractivity contribution >= 4 is 21.6 Å². The van der Waals surface area contributed by atoms with Gasteiger partial charge in [0.15, 0.2) is 0 Å². The topological polar surface area (TPSA) is 68.2 Å². The second-order valence-electron chi connectivity index (χ2n) is 4.27. The molecule has 0 radical (unpaired) electrons. The van der Waals surface area contributed by atoms with Crippen LogP contribution in [0.3, 0.4) is 0 Å². The van der Waals surface area contributed by atoms with E-state index in [-0.39, 0.29) is 12.1 Å². The molecule has 0 aliphatic carbocycles. The van der Waals surface area contributed by atoms with Gasteiger partial charge in [-0.25, -0.2) is 0 Å². The van der Waals surface area contributed by atoms with Crippen molar-refractivity contribution in [1.82, 2.24) is 4.57 Å². The van der Waals surface area contributed by atoms with Gasteiger partial charge in [0.1, 0.15) is 0 Å². The number of halogens is 1. The lowest BCUT2D eigenvalue weighted by Gasteiger charge is -2.19. The van der Waals surface area contributed by atoms with Crippen molar-refractivity contribution in [3.63, 3.8) is 0 Å². The summed E-state index contributed by atoms with van der Waals surface area (Å²) in [5.41, 5.74) is 5.88. The average Bonchev–Trinajstić information content (AvgIpc) is 2.08. The molecule has 1 heterocycles. The molecule has 84 valence electrons. The summed E-state index contributed by atoms with van der Waals surface area (Å²) in [6.45, 7) is 5.27. The second kappa shape index (κ2) is 3.98. The first-order chi connectivity index (χ1) is 6.72. The van der Waals surface area contributed by atoms with Gasteiger partial charge in [0.05, 0.1) is 22.3 Å². The number of nitrogens with zero attached hydrogens (tertiary/aromatic N) is 1. The lowest BCUT2D eigenvalue weighted by Crippen LogP contribution is -2.33. The third-order valence-electron chi connectivity index (χ3n) is 2.06. The Balaban J connectivity index is 3.28. The van der Waals surface area contributed by atoms with E-state index in [9.17, 15) is 9.90 Å². The first-order valence-electron chi connectivity index (χ1n) is 4.60. The van der Waals surface area contributed by atoms with Crippen molar-refractivity contribution in [3.05, 3.63) is 26.6 Å². The maximum atomic E-state index is 11.8. The van der Waals surface area contributed by atoms with E-state index >= 15 is 0 Å². The van der Waals surface area contributed by atoms with Gasteiger partial charge in [-0.2, -0.15) is 0 Å². The molecule has 1 aromatic heterocycles. The quantitative estimate of drug-likeness (QED) is 0.854. The number of hydrogen-bond acceptors (Lipinski definition) is 3. The lowest BCUT2D eigenvalue weighted by atomic mass is 10.1. The molecule has 4 nitrogen and oxygen atoms in total. The third-order valence-corrected chi connectivity index (χ3v) is 3.00. The van der Waals surface area contributed by atoms with Crippen LogP contribution in [0.25, 0.3) is 0 Å². The van der Waals surface area contributed by atoms with Crippen LogP contribution in [0, 0.1) is 6.92 Å². The van der Waals surface area contributed by atoms with E-state index in [4.69, 9.17) is 5.73 Å². The Morgan fingerprint density at radius 2 is 2.13 bits per heavy atom. The highest BCUT2D eigenvalue weighted by atomic mass is 79.9. The highest BCUT2D eigenvalue weighted by Gasteiger charge is 2.16. The number of nitrogens with two attached hydrogens (primary N) is 1. The minimum atomic E-state index is -0.940. The maximum Gasteiger partial charge on any atom is 0.265 e. The van der Waals surface area contributed by atoms with E-state index in [1.165, 1.54) is 4.57 Å². The Labute approximate surface area is 96.8 Å². The largest absolute Gasteiger partial charge is 0.397 e. The van der Waals surface area contributed by atoms with E-state index in [0.717, 1.165) is 5.56 Å². The van der Waals surface area contributed by atoms with Crippen LogP contribution in [0.4, 0.5) is 5.69 Å². The van der Waals surface area contributed by atoms with Crippen LogP contribution >= 0.6 is 15.9 Å². The van der Waals surface area contributed by atoms with Crippen LogP contribution in [0.1, 0.15) is 19.4 Å². The monoisotopic (exact) mass is 274 g/mol. The molecule has 0 aliphatic rings. The number of nitrogen functional groups attached to an aromatic ring is 1. The number of aromatic nitrogens is 1.